The van der Waals surface area contributed by atoms with E-state index in [1.54, 1.807) is 74.3 Å². The molecule has 21 nitrogen and oxygen atoms in total. The minimum absolute atomic E-state index is 0.00421. The third-order valence-corrected chi connectivity index (χ3v) is 31.5. The molecule has 0 amide bonds. The van der Waals surface area contributed by atoms with Crippen molar-refractivity contribution in [1.29, 1.82) is 5.26 Å². The number of aliphatic imine (C=N–C) groups is 2. The summed E-state index contributed by atoms with van der Waals surface area (Å²) in [5.74, 6) is -0.763. The first-order valence-electron chi connectivity index (χ1n) is 51.6. The molecule has 1 aliphatic heterocycles. The predicted octanol–water partition coefficient (Wildman–Crippen LogP) is 25.9. The summed E-state index contributed by atoms with van der Waals surface area (Å²) in [6.07, 6.45) is 27.9. The van der Waals surface area contributed by atoms with Crippen molar-refractivity contribution in [2.24, 2.45) is 59.2 Å². The van der Waals surface area contributed by atoms with Gasteiger partial charge in [0.15, 0.2) is 5.76 Å². The average molecular weight is 2010 g/mol. The topological polar surface area (TPSA) is 276 Å². The zero-order valence-corrected chi connectivity index (χ0v) is 85.2. The fourth-order valence-corrected chi connectivity index (χ4v) is 23.4. The molecular weight excluding hydrogens is 1890 g/mol. The molecule has 4 fully saturated rings. The fourth-order valence-electron chi connectivity index (χ4n) is 21.1. The second-order valence-corrected chi connectivity index (χ2v) is 41.4. The Morgan fingerprint density at radius 1 is 0.565 bits per heavy atom. The van der Waals surface area contributed by atoms with Gasteiger partial charge in [-0.3, -0.25) is 20.2 Å². The summed E-state index contributed by atoms with van der Waals surface area (Å²) in [4.78, 5) is 81.9. The van der Waals surface area contributed by atoms with Gasteiger partial charge in [0.1, 0.15) is 40.2 Å². The van der Waals surface area contributed by atoms with Crippen molar-refractivity contribution >= 4 is 116 Å². The minimum Gasteiger partial charge on any atom is -0.462 e. The molecule has 26 heteroatoms. The van der Waals surface area contributed by atoms with E-state index in [1.165, 1.54) is 85.6 Å². The highest BCUT2D eigenvalue weighted by Crippen LogP contribution is 2.48. The molecule has 2 atom stereocenters. The molecule has 0 saturated heterocycles. The van der Waals surface area contributed by atoms with Gasteiger partial charge >= 0.3 is 36.0 Å². The van der Waals surface area contributed by atoms with Crippen molar-refractivity contribution in [3.05, 3.63) is 326 Å². The fraction of sp³-hybridized carbons (Fsp3) is 0.355. The first-order chi connectivity index (χ1) is 71.5. The normalized spacial score (nSPS) is 21.3. The Bertz CT molecular complexity index is 6790. The highest BCUT2D eigenvalue weighted by atomic mass is 32.2. The van der Waals surface area contributed by atoms with Crippen molar-refractivity contribution in [2.75, 3.05) is 25.2 Å². The van der Waals surface area contributed by atoms with Crippen LogP contribution < -0.4 is 15.3 Å². The number of anilines is 1. The van der Waals surface area contributed by atoms with Gasteiger partial charge in [0.05, 0.1) is 93.2 Å². The number of benzene rings is 9. The number of ether oxygens (including phenoxy) is 6. The molecular formula is C121H123F3N10O11S2. The number of esters is 5. The summed E-state index contributed by atoms with van der Waals surface area (Å²) in [5.41, 5.74) is 19.2. The zero-order chi connectivity index (χ0) is 102. The van der Waals surface area contributed by atoms with E-state index < -0.39 is 58.1 Å². The number of thioether (sulfide) groups is 1. The number of thiazole rings is 1. The van der Waals surface area contributed by atoms with Crippen LogP contribution in [0.2, 0.25) is 0 Å². The highest BCUT2D eigenvalue weighted by Gasteiger charge is 2.49. The van der Waals surface area contributed by atoms with E-state index in [2.05, 4.69) is 133 Å². The van der Waals surface area contributed by atoms with E-state index in [1.807, 2.05) is 115 Å². The molecule has 0 spiro atoms. The maximum Gasteiger partial charge on any atom is 0.422 e. The lowest BCUT2D eigenvalue weighted by molar-refractivity contribution is -0.153. The van der Waals surface area contributed by atoms with Crippen LogP contribution in [0.25, 0.3) is 44.7 Å². The largest absolute Gasteiger partial charge is 0.462 e. The maximum absolute atomic E-state index is 14.5. The quantitative estimate of drug-likeness (QED) is 0.00954. The third kappa shape index (κ3) is 26.0. The standard InChI is InChI=1S/C62H60N4O4.C59H63F3N6O7S2/c1-4-5-6-15-43-24-26-44(27-25-43)45-28-30-46(31-29-45)47-32-34-48(35-33-47)60(68)70-62(41-64-66-58-55-22-13-9-18-51(55)52-19-10-14-23-56(52)58)38-36-61(37-39-62,69-59(67)42(2)3)40-63-65-57-53-20-11-7-16-49(53)50-17-8-12-21-54(50)57;1-4-7-38-10-12-41(13-11-38)36-65-68-58-67-51-52(75-57(71)45-22-20-42(21-23-45)43-24-28-47(29-25-43)72-33-34-74-55(69)37(3)59(60,61)62)54-50(66-49(76-54)9-6-31-64-46-26-16-40(35-63)17-27-46)48(53(51)77-58)30-32-73-56(70)44-18-14-39(8-5-2)15-19-44/h7-14,16-23,28-35,40-41,43-44H,2,4-6,15,24-27,36-39H2,1,3H3;6,9-19,26-27,31,36,42-43,45,47,50,54H,3-5,7-8,20-25,28-30,32-34H2,1-2H3,(H,67,68)/b63-40+,64-41+;9-6+,64-31?,65-36+. The number of hydrogen-bond donors (Lipinski definition) is 1. The minimum atomic E-state index is -4.84. The highest BCUT2D eigenvalue weighted by molar-refractivity contribution is 8.15. The van der Waals surface area contributed by atoms with E-state index in [9.17, 15) is 42.4 Å². The van der Waals surface area contributed by atoms with Crippen LogP contribution in [0.5, 0.6) is 0 Å². The lowest BCUT2D eigenvalue weighted by Gasteiger charge is -2.41. The number of unbranched alkanes of at least 4 members (excludes halogenated alkanes) is 2. The number of aryl methyl sites for hydroxylation is 2. The van der Waals surface area contributed by atoms with Crippen LogP contribution in [0.15, 0.2) is 290 Å². The Labute approximate surface area is 865 Å². The Kier molecular flexibility index (Phi) is 34.8. The smallest absolute Gasteiger partial charge is 0.422 e. The van der Waals surface area contributed by atoms with Gasteiger partial charge in [0.25, 0.3) is 0 Å². The van der Waals surface area contributed by atoms with E-state index >= 15 is 0 Å². The molecule has 4 saturated carbocycles. The summed E-state index contributed by atoms with van der Waals surface area (Å²) in [7, 11) is 0. The van der Waals surface area contributed by atoms with Crippen molar-refractivity contribution in [3.63, 3.8) is 0 Å². The summed E-state index contributed by atoms with van der Waals surface area (Å²) >= 11 is 2.85. The van der Waals surface area contributed by atoms with Gasteiger partial charge in [-0.05, 0) is 268 Å². The summed E-state index contributed by atoms with van der Waals surface area (Å²) in [6, 6.07) is 73.6. The molecule has 1 aromatic heterocycles. The Morgan fingerprint density at radius 3 is 1.64 bits per heavy atom. The molecule has 147 heavy (non-hydrogen) atoms. The maximum atomic E-state index is 14.5. The van der Waals surface area contributed by atoms with Gasteiger partial charge in [0, 0.05) is 40.5 Å². The Morgan fingerprint density at radius 2 is 1.10 bits per heavy atom. The van der Waals surface area contributed by atoms with Crippen LogP contribution in [0.4, 0.5) is 24.0 Å². The molecule has 0 radical (unpaired) electrons. The summed E-state index contributed by atoms with van der Waals surface area (Å²) < 4.78 is 74.9. The Hall–Kier alpha value is -14.0. The van der Waals surface area contributed by atoms with Crippen molar-refractivity contribution in [3.8, 4) is 39.4 Å². The number of hydrogen-bond acceptors (Lipinski definition) is 23. The number of fused-ring (bicyclic) bond motifs is 8. The van der Waals surface area contributed by atoms with Crippen molar-refractivity contribution in [2.45, 2.75) is 229 Å². The average Bonchev–Trinajstić information content (AvgIpc) is 1.58. The van der Waals surface area contributed by atoms with Crippen molar-refractivity contribution < 1.29 is 65.6 Å². The van der Waals surface area contributed by atoms with Gasteiger partial charge in [-0.1, -0.05) is 265 Å². The predicted molar refractivity (Wildman–Crippen MR) is 579 cm³/mol. The molecule has 0 bridgehead atoms. The SMILES string of the molecule is C=C(C(=O)OCCOC1CCC(C2CCC(C(=O)OC3=c4nc(N/N=C/c5ccc(CCC)cc5)sc4=C(CCOC(=O)c4ccc(CCC)cc4)C4N=C(/C=C/C=Nc5ccc(C#N)cc5)SC34)CC2)CC1)C(F)(F)F.C=C(C)C(=O)OC1(/C=N/N=C2c3ccccc3-c3ccccc32)CCC(/C=N/N=C2c3ccccc3-c3ccccc32)(OC(=O)c2ccc(-c3ccc(C4CCC(CCCCC)CC4)cc3)cc2)CC1. The monoisotopic (exact) mass is 2010 g/mol. The van der Waals surface area contributed by atoms with Crippen LogP contribution in [0.1, 0.15) is 252 Å². The van der Waals surface area contributed by atoms with Crippen LogP contribution in [-0.4, -0.2) is 131 Å². The van der Waals surface area contributed by atoms with Crippen LogP contribution >= 0.6 is 23.1 Å². The molecule has 7 aliphatic carbocycles. The van der Waals surface area contributed by atoms with Gasteiger partial charge in [-0.15, -0.1) is 0 Å². The Balaban J connectivity index is 0.000000202. The second kappa shape index (κ2) is 49.0. The molecule has 1 N–H and O–H groups in total. The number of carbonyl (C=O) groups excluding carboxylic acids is 5. The number of nitrogens with one attached hydrogen (secondary N) is 1. The summed E-state index contributed by atoms with van der Waals surface area (Å²) in [5, 5.41) is 33.9. The lowest BCUT2D eigenvalue weighted by atomic mass is 9.70. The summed E-state index contributed by atoms with van der Waals surface area (Å²) in [6.45, 7) is 14.6. The lowest BCUT2D eigenvalue weighted by Crippen LogP contribution is -2.49. The van der Waals surface area contributed by atoms with E-state index in [4.69, 9.17) is 53.7 Å². The number of rotatable bonds is 36. The van der Waals surface area contributed by atoms with E-state index in [0.29, 0.717) is 80.7 Å². The molecule has 756 valence electrons. The number of allylic oxidation sites excluding steroid dienone is 1. The number of halogens is 3. The number of alkyl halides is 3. The number of nitrogens with zero attached hydrogens (tertiary/aromatic N) is 9. The van der Waals surface area contributed by atoms with E-state index in [0.717, 1.165) is 158 Å². The first-order valence-corrected chi connectivity index (χ1v) is 53.3. The molecule has 10 aromatic rings. The van der Waals surface area contributed by atoms with Gasteiger partial charge in [0.2, 0.25) is 5.13 Å². The number of aromatic nitrogens is 1. The zero-order valence-electron chi connectivity index (χ0n) is 83.5. The van der Waals surface area contributed by atoms with Gasteiger partial charge < -0.3 is 28.4 Å². The second-order valence-electron chi connectivity index (χ2n) is 39.3. The van der Waals surface area contributed by atoms with Crippen molar-refractivity contribution in [1.82, 2.24) is 4.98 Å². The molecule has 18 rings (SSSR count). The third-order valence-electron chi connectivity index (χ3n) is 29.3. The number of hydrazone groups is 1. The van der Waals surface area contributed by atoms with Crippen LogP contribution in [0.3, 0.4) is 0 Å². The van der Waals surface area contributed by atoms with Crippen LogP contribution in [-0.2, 0) is 55.6 Å². The van der Waals surface area contributed by atoms with Gasteiger partial charge in [-0.25, -0.2) is 24.2 Å². The van der Waals surface area contributed by atoms with E-state index in [-0.39, 0.29) is 69.1 Å². The molecule has 8 aliphatic rings. The molecule has 2 heterocycles. The van der Waals surface area contributed by atoms with Crippen LogP contribution in [0, 0.1) is 35.0 Å². The molecule has 2 unspecified atom stereocenters. The number of nitriles is 1. The van der Waals surface area contributed by atoms with Gasteiger partial charge in [-0.2, -0.15) is 43.9 Å². The molecule has 9 aromatic carbocycles. The number of carbonyl (C=O) groups is 5. The first kappa shape index (κ1) is 104.